The summed E-state index contributed by atoms with van der Waals surface area (Å²) in [4.78, 5) is 22.4. The number of aliphatic imine (C=N–C) groups is 1. The molecule has 2 aromatic rings. The first-order chi connectivity index (χ1) is 13.2. The van der Waals surface area contributed by atoms with Crippen LogP contribution in [0.25, 0.3) is 5.69 Å². The number of carbonyl (C=O) groups is 1. The van der Waals surface area contributed by atoms with Gasteiger partial charge in [-0.25, -0.2) is 14.4 Å². The van der Waals surface area contributed by atoms with Gasteiger partial charge in [0.25, 0.3) is 0 Å². The van der Waals surface area contributed by atoms with Crippen molar-refractivity contribution in [1.29, 1.82) is 0 Å². The van der Waals surface area contributed by atoms with Crippen LogP contribution in [0.15, 0.2) is 41.9 Å². The predicted octanol–water partition coefficient (Wildman–Crippen LogP) is 1.69. The Labute approximate surface area is 158 Å². The molecule has 1 fully saturated rings. The first kappa shape index (κ1) is 18.9. The Morgan fingerprint density at radius 3 is 2.78 bits per heavy atom. The standard InChI is InChI=1S/C19H25FN6O/c1-2-22-19(24-13-18(27)25-8-3-4-9-25)23-12-15-5-6-17(16(20)11-15)26-10-7-21-14-26/h5-7,10-11,14H,2-4,8-9,12-13H2,1H3,(H2,22,23,24). The highest BCUT2D eigenvalue weighted by Crippen LogP contribution is 2.15. The number of guanidine groups is 1. The summed E-state index contributed by atoms with van der Waals surface area (Å²) in [6, 6.07) is 5.01. The molecule has 144 valence electrons. The van der Waals surface area contributed by atoms with E-state index in [-0.39, 0.29) is 18.3 Å². The zero-order valence-corrected chi connectivity index (χ0v) is 15.5. The van der Waals surface area contributed by atoms with Gasteiger partial charge in [-0.05, 0) is 37.5 Å². The van der Waals surface area contributed by atoms with Crippen LogP contribution >= 0.6 is 0 Å². The molecule has 1 aromatic carbocycles. The maximum absolute atomic E-state index is 14.3. The lowest BCUT2D eigenvalue weighted by Gasteiger charge is -2.17. The summed E-state index contributed by atoms with van der Waals surface area (Å²) in [5.41, 5.74) is 1.20. The minimum atomic E-state index is -0.331. The average molecular weight is 372 g/mol. The van der Waals surface area contributed by atoms with Crippen LogP contribution in [0.5, 0.6) is 0 Å². The van der Waals surface area contributed by atoms with Gasteiger partial charge in [0.1, 0.15) is 5.82 Å². The third-order valence-corrected chi connectivity index (χ3v) is 4.42. The summed E-state index contributed by atoms with van der Waals surface area (Å²) >= 11 is 0. The molecule has 0 spiro atoms. The first-order valence-corrected chi connectivity index (χ1v) is 9.24. The van der Waals surface area contributed by atoms with Gasteiger partial charge in [0.15, 0.2) is 5.96 Å². The van der Waals surface area contributed by atoms with Crippen LogP contribution in [-0.2, 0) is 11.3 Å². The highest BCUT2D eigenvalue weighted by Gasteiger charge is 2.17. The van der Waals surface area contributed by atoms with E-state index in [1.807, 2.05) is 17.9 Å². The predicted molar refractivity (Wildman–Crippen MR) is 102 cm³/mol. The third kappa shape index (κ3) is 5.06. The van der Waals surface area contributed by atoms with E-state index in [0.29, 0.717) is 24.7 Å². The molecule has 1 aliphatic heterocycles. The highest BCUT2D eigenvalue weighted by molar-refractivity contribution is 5.86. The zero-order chi connectivity index (χ0) is 19.1. The van der Waals surface area contributed by atoms with Crippen LogP contribution in [0.3, 0.4) is 0 Å². The van der Waals surface area contributed by atoms with E-state index < -0.39 is 0 Å². The number of amides is 1. The van der Waals surface area contributed by atoms with Crippen molar-refractivity contribution in [1.82, 2.24) is 25.1 Å². The molecule has 0 radical (unpaired) electrons. The summed E-state index contributed by atoms with van der Waals surface area (Å²) in [7, 11) is 0. The minimum Gasteiger partial charge on any atom is -0.357 e. The molecule has 1 amide bonds. The second-order valence-corrected chi connectivity index (χ2v) is 6.39. The van der Waals surface area contributed by atoms with Gasteiger partial charge in [0, 0.05) is 32.0 Å². The van der Waals surface area contributed by atoms with Gasteiger partial charge in [-0.15, -0.1) is 0 Å². The molecular formula is C19H25FN6O. The molecule has 27 heavy (non-hydrogen) atoms. The molecule has 3 rings (SSSR count). The largest absolute Gasteiger partial charge is 0.357 e. The molecule has 7 nitrogen and oxygen atoms in total. The molecule has 1 saturated heterocycles. The number of hydrogen-bond donors (Lipinski definition) is 2. The van der Waals surface area contributed by atoms with Gasteiger partial charge in [-0.3, -0.25) is 4.79 Å². The van der Waals surface area contributed by atoms with E-state index in [9.17, 15) is 9.18 Å². The van der Waals surface area contributed by atoms with Crippen molar-refractivity contribution >= 4 is 11.9 Å². The van der Waals surface area contributed by atoms with Crippen molar-refractivity contribution in [3.8, 4) is 5.69 Å². The second kappa shape index (κ2) is 9.16. The molecule has 8 heteroatoms. The Morgan fingerprint density at radius 2 is 2.11 bits per heavy atom. The number of benzene rings is 1. The molecule has 1 aliphatic rings. The topological polar surface area (TPSA) is 74.5 Å². The molecule has 2 N–H and O–H groups in total. The number of imidazole rings is 1. The van der Waals surface area contributed by atoms with E-state index in [0.717, 1.165) is 31.5 Å². The lowest BCUT2D eigenvalue weighted by atomic mass is 10.2. The number of carbonyl (C=O) groups excluding carboxylic acids is 1. The number of nitrogens with one attached hydrogen (secondary N) is 2. The number of halogens is 1. The van der Waals surface area contributed by atoms with Gasteiger partial charge in [-0.2, -0.15) is 0 Å². The van der Waals surface area contributed by atoms with Crippen LogP contribution < -0.4 is 10.6 Å². The molecule has 0 bridgehead atoms. The monoisotopic (exact) mass is 372 g/mol. The normalized spacial score (nSPS) is 14.4. The van der Waals surface area contributed by atoms with Crippen molar-refractivity contribution < 1.29 is 9.18 Å². The summed E-state index contributed by atoms with van der Waals surface area (Å²) < 4.78 is 16.0. The molecule has 0 unspecified atom stereocenters. The lowest BCUT2D eigenvalue weighted by molar-refractivity contribution is -0.128. The van der Waals surface area contributed by atoms with Gasteiger partial charge in [-0.1, -0.05) is 6.07 Å². The van der Waals surface area contributed by atoms with Gasteiger partial charge in [0.05, 0.1) is 25.1 Å². The van der Waals surface area contributed by atoms with Crippen LogP contribution in [0.2, 0.25) is 0 Å². The second-order valence-electron chi connectivity index (χ2n) is 6.39. The summed E-state index contributed by atoms with van der Waals surface area (Å²) in [6.45, 7) is 4.82. The van der Waals surface area contributed by atoms with Crippen LogP contribution in [0, 0.1) is 5.82 Å². The molecule has 0 saturated carbocycles. The number of nitrogens with zero attached hydrogens (tertiary/aromatic N) is 4. The average Bonchev–Trinajstić information content (AvgIpc) is 3.37. The van der Waals surface area contributed by atoms with Crippen LogP contribution in [0.1, 0.15) is 25.3 Å². The van der Waals surface area contributed by atoms with Crippen molar-refractivity contribution in [2.45, 2.75) is 26.3 Å². The van der Waals surface area contributed by atoms with Crippen molar-refractivity contribution in [2.24, 2.45) is 4.99 Å². The quantitative estimate of drug-likeness (QED) is 0.598. The van der Waals surface area contributed by atoms with E-state index >= 15 is 0 Å². The SMILES string of the molecule is CCNC(=NCc1ccc(-n2ccnc2)c(F)c1)NCC(=O)N1CCCC1. The highest BCUT2D eigenvalue weighted by atomic mass is 19.1. The van der Waals surface area contributed by atoms with Gasteiger partial charge >= 0.3 is 0 Å². The Balaban J connectivity index is 1.60. The smallest absolute Gasteiger partial charge is 0.241 e. The molecule has 2 heterocycles. The van der Waals surface area contributed by atoms with Crippen LogP contribution in [0.4, 0.5) is 4.39 Å². The van der Waals surface area contributed by atoms with Crippen LogP contribution in [-0.4, -0.2) is 52.5 Å². The maximum Gasteiger partial charge on any atom is 0.241 e. The molecule has 0 atom stereocenters. The third-order valence-electron chi connectivity index (χ3n) is 4.42. The van der Waals surface area contributed by atoms with Crippen molar-refractivity contribution in [3.05, 3.63) is 48.3 Å². The fraction of sp³-hybridized carbons (Fsp3) is 0.421. The number of likely N-dealkylation sites (tertiary alicyclic amines) is 1. The number of rotatable bonds is 6. The summed E-state index contributed by atoms with van der Waals surface area (Å²) in [6.07, 6.45) is 7.00. The first-order valence-electron chi connectivity index (χ1n) is 9.24. The maximum atomic E-state index is 14.3. The number of aromatic nitrogens is 2. The Hall–Kier alpha value is -2.90. The fourth-order valence-corrected chi connectivity index (χ4v) is 3.01. The molecular weight excluding hydrogens is 347 g/mol. The Kier molecular flexibility index (Phi) is 6.40. The van der Waals surface area contributed by atoms with Crippen molar-refractivity contribution in [2.75, 3.05) is 26.2 Å². The minimum absolute atomic E-state index is 0.0776. The Morgan fingerprint density at radius 1 is 1.30 bits per heavy atom. The van der Waals surface area contributed by atoms with Crippen molar-refractivity contribution in [3.63, 3.8) is 0 Å². The molecule has 0 aliphatic carbocycles. The van der Waals surface area contributed by atoms with E-state index in [2.05, 4.69) is 20.6 Å². The molecule has 1 aromatic heterocycles. The van der Waals surface area contributed by atoms with Gasteiger partial charge in [0.2, 0.25) is 5.91 Å². The summed E-state index contributed by atoms with van der Waals surface area (Å²) in [5.74, 6) is 0.292. The lowest BCUT2D eigenvalue weighted by Crippen LogP contribution is -2.44. The fourth-order valence-electron chi connectivity index (χ4n) is 3.01. The zero-order valence-electron chi connectivity index (χ0n) is 15.5. The number of hydrogen-bond acceptors (Lipinski definition) is 3. The summed E-state index contributed by atoms with van der Waals surface area (Å²) in [5, 5.41) is 6.17. The van der Waals surface area contributed by atoms with Gasteiger partial charge < -0.3 is 20.1 Å². The van der Waals surface area contributed by atoms with E-state index in [1.165, 1.54) is 6.07 Å². The Bertz CT molecular complexity index is 784. The van der Waals surface area contributed by atoms with E-state index in [1.54, 1.807) is 29.4 Å². The van der Waals surface area contributed by atoms with E-state index in [4.69, 9.17) is 0 Å².